The molecule has 2 nitrogen and oxygen atoms in total. The SMILES string of the molecule is CC(C)NCCCOC(C)(C)C. The van der Waals surface area contributed by atoms with Crippen LogP contribution in [0, 0.1) is 0 Å². The van der Waals surface area contributed by atoms with E-state index in [9.17, 15) is 0 Å². The summed E-state index contributed by atoms with van der Waals surface area (Å²) in [7, 11) is 0. The Hall–Kier alpha value is -0.0800. The Labute approximate surface area is 76.7 Å². The van der Waals surface area contributed by atoms with Gasteiger partial charge in [-0.2, -0.15) is 0 Å². The molecule has 12 heavy (non-hydrogen) atoms. The van der Waals surface area contributed by atoms with Crippen LogP contribution in [0.15, 0.2) is 0 Å². The maximum absolute atomic E-state index is 5.57. The van der Waals surface area contributed by atoms with Gasteiger partial charge in [0, 0.05) is 12.6 Å². The topological polar surface area (TPSA) is 21.3 Å². The van der Waals surface area contributed by atoms with Crippen molar-refractivity contribution in [1.82, 2.24) is 5.32 Å². The predicted molar refractivity (Wildman–Crippen MR) is 53.5 cm³/mol. The van der Waals surface area contributed by atoms with Crippen LogP contribution in [0.1, 0.15) is 41.0 Å². The van der Waals surface area contributed by atoms with Crippen molar-refractivity contribution in [2.75, 3.05) is 13.2 Å². The Morgan fingerprint density at radius 3 is 2.25 bits per heavy atom. The van der Waals surface area contributed by atoms with Crippen molar-refractivity contribution in [1.29, 1.82) is 0 Å². The molecule has 1 N–H and O–H groups in total. The Morgan fingerprint density at radius 2 is 1.83 bits per heavy atom. The number of rotatable bonds is 5. The normalized spacial score (nSPS) is 12.5. The van der Waals surface area contributed by atoms with E-state index in [0.717, 1.165) is 19.6 Å². The highest BCUT2D eigenvalue weighted by molar-refractivity contribution is 4.59. The predicted octanol–water partition coefficient (Wildman–Crippen LogP) is 2.19. The Kier molecular flexibility index (Phi) is 5.51. The third-order valence-corrected chi connectivity index (χ3v) is 1.41. The molecule has 0 spiro atoms. The van der Waals surface area contributed by atoms with Crippen LogP contribution in [0.5, 0.6) is 0 Å². The number of hydrogen-bond acceptors (Lipinski definition) is 2. The summed E-state index contributed by atoms with van der Waals surface area (Å²) in [5, 5.41) is 3.35. The fourth-order valence-corrected chi connectivity index (χ4v) is 0.841. The molecule has 0 saturated carbocycles. The van der Waals surface area contributed by atoms with Crippen molar-refractivity contribution in [2.45, 2.75) is 52.7 Å². The molecule has 0 amide bonds. The highest BCUT2D eigenvalue weighted by atomic mass is 16.5. The van der Waals surface area contributed by atoms with Crippen LogP contribution in [-0.4, -0.2) is 24.8 Å². The number of nitrogens with one attached hydrogen (secondary N) is 1. The third-order valence-electron chi connectivity index (χ3n) is 1.41. The molecule has 0 aliphatic rings. The van der Waals surface area contributed by atoms with E-state index < -0.39 is 0 Å². The summed E-state index contributed by atoms with van der Waals surface area (Å²) in [5.74, 6) is 0. The van der Waals surface area contributed by atoms with Crippen molar-refractivity contribution in [3.8, 4) is 0 Å². The summed E-state index contributed by atoms with van der Waals surface area (Å²) in [6, 6.07) is 0.583. The van der Waals surface area contributed by atoms with Crippen molar-refractivity contribution in [3.05, 3.63) is 0 Å². The number of hydrogen-bond donors (Lipinski definition) is 1. The van der Waals surface area contributed by atoms with Gasteiger partial charge in [0.15, 0.2) is 0 Å². The van der Waals surface area contributed by atoms with E-state index in [1.54, 1.807) is 0 Å². The highest BCUT2D eigenvalue weighted by Gasteiger charge is 2.08. The van der Waals surface area contributed by atoms with E-state index >= 15 is 0 Å². The lowest BCUT2D eigenvalue weighted by Gasteiger charge is -2.19. The zero-order valence-corrected chi connectivity index (χ0v) is 9.11. The fraction of sp³-hybridized carbons (Fsp3) is 1.00. The van der Waals surface area contributed by atoms with Crippen LogP contribution in [0.3, 0.4) is 0 Å². The lowest BCUT2D eigenvalue weighted by molar-refractivity contribution is -0.00388. The molecule has 0 saturated heterocycles. The molecule has 0 radical (unpaired) electrons. The van der Waals surface area contributed by atoms with E-state index in [4.69, 9.17) is 4.74 Å². The van der Waals surface area contributed by atoms with Gasteiger partial charge in [-0.25, -0.2) is 0 Å². The molecule has 0 aliphatic heterocycles. The molecular weight excluding hydrogens is 150 g/mol. The molecule has 0 rings (SSSR count). The average Bonchev–Trinajstić information content (AvgIpc) is 1.83. The number of ether oxygens (including phenoxy) is 1. The van der Waals surface area contributed by atoms with E-state index in [1.807, 2.05) is 0 Å². The standard InChI is InChI=1S/C10H23NO/c1-9(2)11-7-6-8-12-10(3,4)5/h9,11H,6-8H2,1-5H3. The monoisotopic (exact) mass is 173 g/mol. The van der Waals surface area contributed by atoms with Gasteiger partial charge in [0.05, 0.1) is 5.60 Å². The Morgan fingerprint density at radius 1 is 1.25 bits per heavy atom. The van der Waals surface area contributed by atoms with Gasteiger partial charge in [0.2, 0.25) is 0 Å². The van der Waals surface area contributed by atoms with Crippen LogP contribution < -0.4 is 5.32 Å². The van der Waals surface area contributed by atoms with E-state index in [0.29, 0.717) is 6.04 Å². The first kappa shape index (κ1) is 11.9. The van der Waals surface area contributed by atoms with E-state index in [-0.39, 0.29) is 5.60 Å². The molecule has 0 fully saturated rings. The van der Waals surface area contributed by atoms with Gasteiger partial charge in [-0.05, 0) is 33.7 Å². The van der Waals surface area contributed by atoms with Crippen LogP contribution in [0.2, 0.25) is 0 Å². The lowest BCUT2D eigenvalue weighted by atomic mass is 10.2. The summed E-state index contributed by atoms with van der Waals surface area (Å²) in [5.41, 5.74) is 0.0117. The molecule has 0 aromatic rings. The second-order valence-electron chi connectivity index (χ2n) is 4.42. The minimum Gasteiger partial charge on any atom is -0.376 e. The quantitative estimate of drug-likeness (QED) is 0.643. The first-order valence-corrected chi connectivity index (χ1v) is 4.79. The fourth-order valence-electron chi connectivity index (χ4n) is 0.841. The van der Waals surface area contributed by atoms with Crippen LogP contribution >= 0.6 is 0 Å². The Balaban J connectivity index is 3.12. The molecule has 0 aromatic carbocycles. The smallest absolute Gasteiger partial charge is 0.0598 e. The second-order valence-corrected chi connectivity index (χ2v) is 4.42. The van der Waals surface area contributed by atoms with Crippen LogP contribution in [0.4, 0.5) is 0 Å². The molecule has 0 bridgehead atoms. The first-order valence-electron chi connectivity index (χ1n) is 4.79. The van der Waals surface area contributed by atoms with Gasteiger partial charge < -0.3 is 10.1 Å². The zero-order valence-electron chi connectivity index (χ0n) is 9.11. The lowest BCUT2D eigenvalue weighted by Crippen LogP contribution is -2.26. The summed E-state index contributed by atoms with van der Waals surface area (Å²) < 4.78 is 5.57. The van der Waals surface area contributed by atoms with E-state index in [1.165, 1.54) is 0 Å². The molecule has 0 heterocycles. The highest BCUT2D eigenvalue weighted by Crippen LogP contribution is 2.06. The van der Waals surface area contributed by atoms with Gasteiger partial charge in [-0.15, -0.1) is 0 Å². The summed E-state index contributed by atoms with van der Waals surface area (Å²) in [6.45, 7) is 12.5. The minimum atomic E-state index is 0.0117. The molecular formula is C10H23NO. The first-order chi connectivity index (χ1) is 5.42. The van der Waals surface area contributed by atoms with Crippen molar-refractivity contribution >= 4 is 0 Å². The van der Waals surface area contributed by atoms with Gasteiger partial charge in [-0.1, -0.05) is 13.8 Å². The van der Waals surface area contributed by atoms with Gasteiger partial charge in [0.1, 0.15) is 0 Å². The van der Waals surface area contributed by atoms with Crippen molar-refractivity contribution in [3.63, 3.8) is 0 Å². The second kappa shape index (κ2) is 5.55. The maximum Gasteiger partial charge on any atom is 0.0598 e. The molecule has 0 aromatic heterocycles. The summed E-state index contributed by atoms with van der Waals surface area (Å²) >= 11 is 0. The molecule has 74 valence electrons. The molecule has 2 heteroatoms. The molecule has 0 unspecified atom stereocenters. The largest absolute Gasteiger partial charge is 0.376 e. The van der Waals surface area contributed by atoms with Gasteiger partial charge in [0.25, 0.3) is 0 Å². The van der Waals surface area contributed by atoms with E-state index in [2.05, 4.69) is 39.9 Å². The minimum absolute atomic E-state index is 0.0117. The zero-order chi connectivity index (χ0) is 9.61. The van der Waals surface area contributed by atoms with Gasteiger partial charge >= 0.3 is 0 Å². The average molecular weight is 173 g/mol. The summed E-state index contributed by atoms with van der Waals surface area (Å²) in [4.78, 5) is 0. The maximum atomic E-state index is 5.57. The molecule has 0 aliphatic carbocycles. The van der Waals surface area contributed by atoms with Crippen molar-refractivity contribution < 1.29 is 4.74 Å². The Bertz CT molecular complexity index is 105. The van der Waals surface area contributed by atoms with Gasteiger partial charge in [-0.3, -0.25) is 0 Å². The van der Waals surface area contributed by atoms with Crippen molar-refractivity contribution in [2.24, 2.45) is 0 Å². The summed E-state index contributed by atoms with van der Waals surface area (Å²) in [6.07, 6.45) is 1.09. The van der Waals surface area contributed by atoms with Crippen LogP contribution in [0.25, 0.3) is 0 Å². The molecule has 0 atom stereocenters. The van der Waals surface area contributed by atoms with Crippen LogP contribution in [-0.2, 0) is 4.74 Å². The third kappa shape index (κ3) is 9.92.